The molecule has 0 radical (unpaired) electrons. The van der Waals surface area contributed by atoms with Gasteiger partial charge in [-0.3, -0.25) is 4.68 Å². The van der Waals surface area contributed by atoms with E-state index in [1.54, 1.807) is 10.9 Å². The molecule has 0 saturated carbocycles. The van der Waals surface area contributed by atoms with Crippen LogP contribution in [0.2, 0.25) is 0 Å². The molecule has 1 aromatic carbocycles. The third-order valence-electron chi connectivity index (χ3n) is 3.45. The van der Waals surface area contributed by atoms with Gasteiger partial charge in [0.25, 0.3) is 0 Å². The lowest BCUT2D eigenvalue weighted by molar-refractivity contribution is 0.785. The number of hydrogen-bond donors (Lipinski definition) is 2. The molecule has 2 aromatic heterocycles. The van der Waals surface area contributed by atoms with Gasteiger partial charge in [0, 0.05) is 7.05 Å². The molecule has 0 spiro atoms. The summed E-state index contributed by atoms with van der Waals surface area (Å²) >= 11 is 0. The molecule has 0 amide bonds. The highest BCUT2D eigenvalue weighted by Crippen LogP contribution is 2.28. The number of anilines is 3. The summed E-state index contributed by atoms with van der Waals surface area (Å²) in [5.41, 5.74) is 10.7. The molecule has 3 aromatic rings. The molecular weight excluding hydrogens is 252 g/mol. The van der Waals surface area contributed by atoms with Crippen molar-refractivity contribution in [2.24, 2.45) is 7.05 Å². The van der Waals surface area contributed by atoms with Crippen LogP contribution in [-0.4, -0.2) is 19.7 Å². The minimum absolute atomic E-state index is 0.698. The maximum Gasteiger partial charge on any atom is 0.163 e. The Morgan fingerprint density at radius 1 is 1.15 bits per heavy atom. The largest absolute Gasteiger partial charge is 0.397 e. The van der Waals surface area contributed by atoms with Crippen molar-refractivity contribution in [1.82, 2.24) is 19.7 Å². The predicted molar refractivity (Wildman–Crippen MR) is 79.9 cm³/mol. The Balaban J connectivity index is 2.08. The molecule has 20 heavy (non-hydrogen) atoms. The van der Waals surface area contributed by atoms with Gasteiger partial charge < -0.3 is 11.1 Å². The molecule has 102 valence electrons. The number of nitrogens with two attached hydrogens (primary N) is 1. The molecule has 2 heterocycles. The normalized spacial score (nSPS) is 10.9. The van der Waals surface area contributed by atoms with E-state index in [-0.39, 0.29) is 0 Å². The van der Waals surface area contributed by atoms with E-state index in [0.717, 1.165) is 16.7 Å². The van der Waals surface area contributed by atoms with E-state index in [0.29, 0.717) is 11.5 Å². The molecule has 0 atom stereocenters. The molecule has 0 aliphatic heterocycles. The van der Waals surface area contributed by atoms with Crippen molar-refractivity contribution in [2.45, 2.75) is 13.8 Å². The van der Waals surface area contributed by atoms with Crippen molar-refractivity contribution in [3.63, 3.8) is 0 Å². The van der Waals surface area contributed by atoms with E-state index < -0.39 is 0 Å². The summed E-state index contributed by atoms with van der Waals surface area (Å²) in [6, 6.07) is 3.98. The first-order valence-corrected chi connectivity index (χ1v) is 6.32. The summed E-state index contributed by atoms with van der Waals surface area (Å²) in [4.78, 5) is 8.49. The van der Waals surface area contributed by atoms with Gasteiger partial charge in [0.05, 0.1) is 23.0 Å². The van der Waals surface area contributed by atoms with Crippen molar-refractivity contribution < 1.29 is 0 Å². The minimum Gasteiger partial charge on any atom is -0.397 e. The lowest BCUT2D eigenvalue weighted by Crippen LogP contribution is -2.01. The monoisotopic (exact) mass is 268 g/mol. The molecule has 0 bridgehead atoms. The maximum absolute atomic E-state index is 6.06. The fourth-order valence-corrected chi connectivity index (χ4v) is 2.14. The summed E-state index contributed by atoms with van der Waals surface area (Å²) < 4.78 is 1.71. The van der Waals surface area contributed by atoms with Crippen LogP contribution < -0.4 is 11.1 Å². The summed E-state index contributed by atoms with van der Waals surface area (Å²) in [5, 5.41) is 8.33. The zero-order valence-corrected chi connectivity index (χ0v) is 11.7. The fraction of sp³-hybridized carbons (Fsp3) is 0.214. The first-order chi connectivity index (χ1) is 9.56. The van der Waals surface area contributed by atoms with Crippen LogP contribution in [0.4, 0.5) is 17.2 Å². The van der Waals surface area contributed by atoms with Gasteiger partial charge in [0.15, 0.2) is 5.65 Å². The van der Waals surface area contributed by atoms with Gasteiger partial charge in [0.2, 0.25) is 0 Å². The number of rotatable bonds is 2. The molecule has 0 fully saturated rings. The van der Waals surface area contributed by atoms with E-state index in [4.69, 9.17) is 5.73 Å². The average molecular weight is 268 g/mol. The van der Waals surface area contributed by atoms with Gasteiger partial charge >= 0.3 is 0 Å². The minimum atomic E-state index is 0.698. The van der Waals surface area contributed by atoms with Crippen LogP contribution in [0.3, 0.4) is 0 Å². The van der Waals surface area contributed by atoms with Crippen LogP contribution in [0.25, 0.3) is 11.0 Å². The standard InChI is InChI=1S/C14H16N6/c1-8-4-11(15)12(5-9(8)2)19-13-10-6-18-20(3)14(10)17-7-16-13/h4-7H,15H2,1-3H3,(H,16,17,19). The Morgan fingerprint density at radius 3 is 2.70 bits per heavy atom. The number of nitrogen functional groups attached to an aromatic ring is 1. The highest BCUT2D eigenvalue weighted by molar-refractivity contribution is 5.89. The van der Waals surface area contributed by atoms with Gasteiger partial charge in [-0.1, -0.05) is 0 Å². The molecule has 0 saturated heterocycles. The van der Waals surface area contributed by atoms with Crippen LogP contribution in [0.1, 0.15) is 11.1 Å². The van der Waals surface area contributed by atoms with E-state index in [9.17, 15) is 0 Å². The zero-order valence-electron chi connectivity index (χ0n) is 11.7. The Hall–Kier alpha value is -2.63. The van der Waals surface area contributed by atoms with Gasteiger partial charge in [-0.05, 0) is 37.1 Å². The van der Waals surface area contributed by atoms with Gasteiger partial charge in [0.1, 0.15) is 12.1 Å². The van der Waals surface area contributed by atoms with Crippen molar-refractivity contribution in [2.75, 3.05) is 11.1 Å². The zero-order chi connectivity index (χ0) is 14.3. The number of aromatic nitrogens is 4. The Labute approximate surface area is 116 Å². The summed E-state index contributed by atoms with van der Waals surface area (Å²) in [6.45, 7) is 4.10. The Kier molecular flexibility index (Phi) is 2.78. The molecule has 6 heteroatoms. The van der Waals surface area contributed by atoms with E-state index in [2.05, 4.69) is 27.3 Å². The number of fused-ring (bicyclic) bond motifs is 1. The number of nitrogens with zero attached hydrogens (tertiary/aromatic N) is 4. The van der Waals surface area contributed by atoms with Gasteiger partial charge in [-0.25, -0.2) is 9.97 Å². The molecule has 0 aliphatic carbocycles. The van der Waals surface area contributed by atoms with Crippen LogP contribution in [-0.2, 0) is 7.05 Å². The quantitative estimate of drug-likeness (QED) is 0.697. The molecule has 3 N–H and O–H groups in total. The first kappa shape index (κ1) is 12.4. The number of nitrogens with one attached hydrogen (secondary N) is 1. The second-order valence-electron chi connectivity index (χ2n) is 4.88. The number of benzene rings is 1. The van der Waals surface area contributed by atoms with Crippen molar-refractivity contribution in [3.8, 4) is 0 Å². The Morgan fingerprint density at radius 2 is 1.90 bits per heavy atom. The highest BCUT2D eigenvalue weighted by Gasteiger charge is 2.10. The summed E-state index contributed by atoms with van der Waals surface area (Å²) in [6.07, 6.45) is 3.26. The van der Waals surface area contributed by atoms with Crippen molar-refractivity contribution >= 4 is 28.2 Å². The molecular formula is C14H16N6. The second-order valence-corrected chi connectivity index (χ2v) is 4.88. The van der Waals surface area contributed by atoms with Crippen LogP contribution >= 0.6 is 0 Å². The van der Waals surface area contributed by atoms with E-state index in [1.807, 2.05) is 26.1 Å². The van der Waals surface area contributed by atoms with Crippen LogP contribution in [0.5, 0.6) is 0 Å². The number of aryl methyl sites for hydroxylation is 3. The molecule has 0 aliphatic rings. The number of hydrogen-bond acceptors (Lipinski definition) is 5. The lowest BCUT2D eigenvalue weighted by atomic mass is 10.1. The van der Waals surface area contributed by atoms with Crippen molar-refractivity contribution in [3.05, 3.63) is 35.8 Å². The average Bonchev–Trinajstić information content (AvgIpc) is 2.79. The third-order valence-corrected chi connectivity index (χ3v) is 3.45. The van der Waals surface area contributed by atoms with Gasteiger partial charge in [-0.2, -0.15) is 5.10 Å². The predicted octanol–water partition coefficient (Wildman–Crippen LogP) is 2.31. The maximum atomic E-state index is 6.06. The molecule has 6 nitrogen and oxygen atoms in total. The highest BCUT2D eigenvalue weighted by atomic mass is 15.3. The fourth-order valence-electron chi connectivity index (χ4n) is 2.14. The lowest BCUT2D eigenvalue weighted by Gasteiger charge is -2.11. The van der Waals surface area contributed by atoms with E-state index >= 15 is 0 Å². The smallest absolute Gasteiger partial charge is 0.163 e. The van der Waals surface area contributed by atoms with Crippen LogP contribution in [0.15, 0.2) is 24.7 Å². The topological polar surface area (TPSA) is 81.7 Å². The molecule has 3 rings (SSSR count). The van der Waals surface area contributed by atoms with Crippen molar-refractivity contribution in [1.29, 1.82) is 0 Å². The summed E-state index contributed by atoms with van der Waals surface area (Å²) in [5.74, 6) is 0.707. The summed E-state index contributed by atoms with van der Waals surface area (Å²) in [7, 11) is 1.85. The SMILES string of the molecule is Cc1cc(N)c(Nc2ncnc3c2cnn3C)cc1C. The second kappa shape index (κ2) is 4.48. The first-order valence-electron chi connectivity index (χ1n) is 6.32. The Bertz CT molecular complexity index is 790. The van der Waals surface area contributed by atoms with E-state index in [1.165, 1.54) is 17.5 Å². The molecule has 0 unspecified atom stereocenters. The van der Waals surface area contributed by atoms with Crippen LogP contribution in [0, 0.1) is 13.8 Å². The third kappa shape index (κ3) is 1.95. The van der Waals surface area contributed by atoms with Gasteiger partial charge in [-0.15, -0.1) is 0 Å².